The van der Waals surface area contributed by atoms with Gasteiger partial charge in [-0.1, -0.05) is 34.1 Å². The minimum atomic E-state index is -0.0406. The quantitative estimate of drug-likeness (QED) is 0.675. The third-order valence-corrected chi connectivity index (χ3v) is 3.66. The molecule has 0 aliphatic carbocycles. The van der Waals surface area contributed by atoms with E-state index in [9.17, 15) is 0 Å². The number of benzene rings is 1. The van der Waals surface area contributed by atoms with Gasteiger partial charge < -0.3 is 0 Å². The van der Waals surface area contributed by atoms with Crippen molar-refractivity contribution in [2.24, 2.45) is 5.84 Å². The normalized spacial score (nSPS) is 12.4. The molecule has 0 saturated heterocycles. The molecule has 4 heteroatoms. The van der Waals surface area contributed by atoms with Gasteiger partial charge in [-0.25, -0.2) is 5.43 Å². The fraction of sp³-hybridized carbons (Fsp3) is 0.154. The molecular weight excluding hydrogens is 278 g/mol. The van der Waals surface area contributed by atoms with E-state index in [1.807, 2.05) is 30.5 Å². The van der Waals surface area contributed by atoms with Crippen molar-refractivity contribution in [2.45, 2.75) is 13.0 Å². The smallest absolute Gasteiger partial charge is 0.0727 e. The molecule has 88 valence electrons. The molecule has 1 unspecified atom stereocenters. The van der Waals surface area contributed by atoms with Crippen molar-refractivity contribution in [2.75, 3.05) is 0 Å². The van der Waals surface area contributed by atoms with Crippen LogP contribution < -0.4 is 11.3 Å². The predicted molar refractivity (Wildman–Crippen MR) is 72.3 cm³/mol. The van der Waals surface area contributed by atoms with Gasteiger partial charge in [0.05, 0.1) is 6.04 Å². The van der Waals surface area contributed by atoms with Crippen molar-refractivity contribution in [1.82, 2.24) is 10.4 Å². The lowest BCUT2D eigenvalue weighted by atomic mass is 9.97. The molecule has 1 heterocycles. The van der Waals surface area contributed by atoms with E-state index in [1.54, 1.807) is 6.20 Å². The molecule has 2 aromatic rings. The second-order valence-electron chi connectivity index (χ2n) is 3.84. The van der Waals surface area contributed by atoms with Gasteiger partial charge in [0, 0.05) is 16.9 Å². The average Bonchev–Trinajstić information content (AvgIpc) is 2.37. The van der Waals surface area contributed by atoms with Crippen LogP contribution in [0, 0.1) is 6.92 Å². The highest BCUT2D eigenvalue weighted by atomic mass is 79.9. The first-order valence-electron chi connectivity index (χ1n) is 5.35. The Kier molecular flexibility index (Phi) is 3.89. The Balaban J connectivity index is 2.46. The summed E-state index contributed by atoms with van der Waals surface area (Å²) in [5.41, 5.74) is 6.22. The number of nitrogens with one attached hydrogen (secondary N) is 1. The molecule has 1 aromatic carbocycles. The first kappa shape index (κ1) is 12.2. The van der Waals surface area contributed by atoms with E-state index in [2.05, 4.69) is 39.3 Å². The van der Waals surface area contributed by atoms with Gasteiger partial charge in [-0.15, -0.1) is 0 Å². The monoisotopic (exact) mass is 291 g/mol. The maximum absolute atomic E-state index is 5.66. The largest absolute Gasteiger partial charge is 0.271 e. The van der Waals surface area contributed by atoms with Gasteiger partial charge in [-0.05, 0) is 35.7 Å². The van der Waals surface area contributed by atoms with E-state index in [1.165, 1.54) is 5.56 Å². The van der Waals surface area contributed by atoms with Crippen molar-refractivity contribution >= 4 is 15.9 Å². The molecule has 2 rings (SSSR count). The summed E-state index contributed by atoms with van der Waals surface area (Å²) in [6.45, 7) is 2.07. The number of hydrogen-bond acceptors (Lipinski definition) is 3. The Morgan fingerprint density at radius 3 is 2.76 bits per heavy atom. The minimum Gasteiger partial charge on any atom is -0.271 e. The van der Waals surface area contributed by atoms with Crippen LogP contribution in [0.3, 0.4) is 0 Å². The van der Waals surface area contributed by atoms with Crippen molar-refractivity contribution in [3.63, 3.8) is 0 Å². The molecule has 0 aliphatic rings. The third-order valence-electron chi connectivity index (χ3n) is 2.81. The zero-order valence-corrected chi connectivity index (χ0v) is 11.1. The van der Waals surface area contributed by atoms with E-state index in [-0.39, 0.29) is 6.04 Å². The fourth-order valence-corrected chi connectivity index (χ4v) is 2.23. The summed E-state index contributed by atoms with van der Waals surface area (Å²) in [5.74, 6) is 5.66. The zero-order chi connectivity index (χ0) is 12.3. The highest BCUT2D eigenvalue weighted by Crippen LogP contribution is 2.27. The SMILES string of the molecule is Cc1c(Br)cccc1C(NN)c1cccnc1. The topological polar surface area (TPSA) is 50.9 Å². The second kappa shape index (κ2) is 5.40. The molecule has 0 aliphatic heterocycles. The Bertz CT molecular complexity index is 499. The van der Waals surface area contributed by atoms with Gasteiger partial charge in [0.1, 0.15) is 0 Å². The summed E-state index contributed by atoms with van der Waals surface area (Å²) in [7, 11) is 0. The fourth-order valence-electron chi connectivity index (χ4n) is 1.85. The average molecular weight is 292 g/mol. The van der Waals surface area contributed by atoms with E-state index in [0.717, 1.165) is 15.6 Å². The Morgan fingerprint density at radius 1 is 1.29 bits per heavy atom. The molecule has 0 bridgehead atoms. The lowest BCUT2D eigenvalue weighted by Gasteiger charge is -2.19. The standard InChI is InChI=1S/C13H14BrN3/c1-9-11(5-2-6-12(9)14)13(17-15)10-4-3-7-16-8-10/h2-8,13,17H,15H2,1H3. The van der Waals surface area contributed by atoms with E-state index in [0.29, 0.717) is 0 Å². The zero-order valence-electron chi connectivity index (χ0n) is 9.52. The molecule has 17 heavy (non-hydrogen) atoms. The van der Waals surface area contributed by atoms with Gasteiger partial charge in [0.2, 0.25) is 0 Å². The van der Waals surface area contributed by atoms with Crippen molar-refractivity contribution in [1.29, 1.82) is 0 Å². The van der Waals surface area contributed by atoms with E-state index < -0.39 is 0 Å². The first-order valence-corrected chi connectivity index (χ1v) is 6.14. The molecule has 0 amide bonds. The summed E-state index contributed by atoms with van der Waals surface area (Å²) in [4.78, 5) is 4.12. The van der Waals surface area contributed by atoms with Crippen LogP contribution in [0.1, 0.15) is 22.7 Å². The molecule has 0 spiro atoms. The molecule has 3 N–H and O–H groups in total. The summed E-state index contributed by atoms with van der Waals surface area (Å²) >= 11 is 3.53. The molecular formula is C13H14BrN3. The van der Waals surface area contributed by atoms with Gasteiger partial charge in [-0.2, -0.15) is 0 Å². The van der Waals surface area contributed by atoms with Crippen LogP contribution in [0.5, 0.6) is 0 Å². The molecule has 0 fully saturated rings. The van der Waals surface area contributed by atoms with Crippen molar-refractivity contribution < 1.29 is 0 Å². The maximum Gasteiger partial charge on any atom is 0.0727 e. The van der Waals surface area contributed by atoms with Crippen molar-refractivity contribution in [3.05, 3.63) is 63.9 Å². The maximum atomic E-state index is 5.66. The summed E-state index contributed by atoms with van der Waals surface area (Å²) in [6, 6.07) is 9.98. The van der Waals surface area contributed by atoms with Crippen molar-refractivity contribution in [3.8, 4) is 0 Å². The highest BCUT2D eigenvalue weighted by molar-refractivity contribution is 9.10. The second-order valence-corrected chi connectivity index (χ2v) is 4.69. The minimum absolute atomic E-state index is 0.0406. The van der Waals surface area contributed by atoms with Gasteiger partial charge in [-0.3, -0.25) is 10.8 Å². The number of hydrogen-bond donors (Lipinski definition) is 2. The van der Waals surface area contributed by atoms with Gasteiger partial charge >= 0.3 is 0 Å². The Labute approximate surface area is 109 Å². The lowest BCUT2D eigenvalue weighted by Crippen LogP contribution is -2.29. The predicted octanol–water partition coefficient (Wildman–Crippen LogP) is 2.71. The Hall–Kier alpha value is -1.23. The van der Waals surface area contributed by atoms with Crippen LogP contribution in [-0.4, -0.2) is 4.98 Å². The number of halogens is 1. The molecule has 1 aromatic heterocycles. The van der Waals surface area contributed by atoms with Gasteiger partial charge in [0.25, 0.3) is 0 Å². The molecule has 0 radical (unpaired) electrons. The number of aromatic nitrogens is 1. The van der Waals surface area contributed by atoms with Crippen LogP contribution in [0.2, 0.25) is 0 Å². The summed E-state index contributed by atoms with van der Waals surface area (Å²) in [6.07, 6.45) is 3.58. The van der Waals surface area contributed by atoms with Crippen LogP contribution in [0.25, 0.3) is 0 Å². The summed E-state index contributed by atoms with van der Waals surface area (Å²) < 4.78 is 1.08. The Morgan fingerprint density at radius 2 is 2.12 bits per heavy atom. The van der Waals surface area contributed by atoms with Crippen LogP contribution >= 0.6 is 15.9 Å². The number of pyridine rings is 1. The lowest BCUT2D eigenvalue weighted by molar-refractivity contribution is 0.631. The number of rotatable bonds is 3. The summed E-state index contributed by atoms with van der Waals surface area (Å²) in [5, 5.41) is 0. The van der Waals surface area contributed by atoms with Gasteiger partial charge in [0.15, 0.2) is 0 Å². The third kappa shape index (κ3) is 2.54. The van der Waals surface area contributed by atoms with E-state index >= 15 is 0 Å². The van der Waals surface area contributed by atoms with Crippen LogP contribution in [0.4, 0.5) is 0 Å². The molecule has 0 saturated carbocycles. The van der Waals surface area contributed by atoms with E-state index in [4.69, 9.17) is 5.84 Å². The van der Waals surface area contributed by atoms with Crippen LogP contribution in [-0.2, 0) is 0 Å². The number of nitrogens with zero attached hydrogens (tertiary/aromatic N) is 1. The number of hydrazine groups is 1. The highest BCUT2D eigenvalue weighted by Gasteiger charge is 2.15. The van der Waals surface area contributed by atoms with Crippen LogP contribution in [0.15, 0.2) is 47.2 Å². The molecule has 1 atom stereocenters. The number of nitrogens with two attached hydrogens (primary N) is 1. The molecule has 3 nitrogen and oxygen atoms in total. The first-order chi connectivity index (χ1) is 8.24.